The molecule has 88 valence electrons. The third-order valence-corrected chi connectivity index (χ3v) is 3.58. The van der Waals surface area contributed by atoms with Crippen molar-refractivity contribution >= 4 is 0 Å². The van der Waals surface area contributed by atoms with Crippen molar-refractivity contribution in [3.63, 3.8) is 0 Å². The van der Waals surface area contributed by atoms with Gasteiger partial charge in [-0.25, -0.2) is 0 Å². The van der Waals surface area contributed by atoms with Crippen molar-refractivity contribution in [3.8, 4) is 0 Å². The molecule has 0 aromatic carbocycles. The Morgan fingerprint density at radius 3 is 2.87 bits per heavy atom. The van der Waals surface area contributed by atoms with Crippen LogP contribution in [0.5, 0.6) is 0 Å². The average Bonchev–Trinajstić information content (AvgIpc) is 2.62. The number of nitrogens with zero attached hydrogens (tertiary/aromatic N) is 1. The normalized spacial score (nSPS) is 38.4. The molecule has 0 bridgehead atoms. The Bertz CT molecular complexity index is 198. The molecule has 2 saturated heterocycles. The quantitative estimate of drug-likeness (QED) is 0.762. The van der Waals surface area contributed by atoms with Gasteiger partial charge in [-0.15, -0.1) is 0 Å². The minimum atomic E-state index is 0.465. The van der Waals surface area contributed by atoms with E-state index in [4.69, 9.17) is 4.74 Å². The SMILES string of the molecule is CC1CCC(CNC2CCCN(C)C2)O1. The molecule has 0 saturated carbocycles. The van der Waals surface area contributed by atoms with Crippen LogP contribution in [0.4, 0.5) is 0 Å². The van der Waals surface area contributed by atoms with Gasteiger partial charge >= 0.3 is 0 Å². The Labute approximate surface area is 93.2 Å². The highest BCUT2D eigenvalue weighted by atomic mass is 16.5. The first-order chi connectivity index (χ1) is 7.24. The molecular formula is C12H24N2O. The molecule has 0 amide bonds. The van der Waals surface area contributed by atoms with E-state index in [1.807, 2.05) is 0 Å². The van der Waals surface area contributed by atoms with E-state index < -0.39 is 0 Å². The Morgan fingerprint density at radius 1 is 1.33 bits per heavy atom. The fourth-order valence-corrected chi connectivity index (χ4v) is 2.67. The second-order valence-electron chi connectivity index (χ2n) is 5.16. The molecule has 1 N–H and O–H groups in total. The lowest BCUT2D eigenvalue weighted by Crippen LogP contribution is -2.46. The molecule has 2 aliphatic rings. The van der Waals surface area contributed by atoms with Crippen LogP contribution in [-0.2, 0) is 4.74 Å². The third kappa shape index (κ3) is 3.44. The maximum absolute atomic E-state index is 5.80. The van der Waals surface area contributed by atoms with E-state index in [2.05, 4.69) is 24.2 Å². The van der Waals surface area contributed by atoms with E-state index in [-0.39, 0.29) is 0 Å². The summed E-state index contributed by atoms with van der Waals surface area (Å²) in [6, 6.07) is 0.684. The fourth-order valence-electron chi connectivity index (χ4n) is 2.67. The molecule has 2 aliphatic heterocycles. The van der Waals surface area contributed by atoms with E-state index in [0.29, 0.717) is 18.2 Å². The van der Waals surface area contributed by atoms with Gasteiger partial charge in [-0.3, -0.25) is 0 Å². The van der Waals surface area contributed by atoms with Crippen LogP contribution in [-0.4, -0.2) is 49.8 Å². The van der Waals surface area contributed by atoms with Crippen molar-refractivity contribution in [1.29, 1.82) is 0 Å². The van der Waals surface area contributed by atoms with Gasteiger partial charge in [0.1, 0.15) is 0 Å². The molecule has 2 fully saturated rings. The van der Waals surface area contributed by atoms with E-state index >= 15 is 0 Å². The molecule has 2 heterocycles. The minimum Gasteiger partial charge on any atom is -0.374 e. The lowest BCUT2D eigenvalue weighted by Gasteiger charge is -2.31. The lowest BCUT2D eigenvalue weighted by atomic mass is 10.1. The molecule has 3 nitrogen and oxygen atoms in total. The summed E-state index contributed by atoms with van der Waals surface area (Å²) in [7, 11) is 2.21. The Hall–Kier alpha value is -0.120. The van der Waals surface area contributed by atoms with Crippen LogP contribution < -0.4 is 5.32 Å². The van der Waals surface area contributed by atoms with Crippen LogP contribution in [0.3, 0.4) is 0 Å². The molecule has 3 heteroatoms. The van der Waals surface area contributed by atoms with Crippen LogP contribution in [0.2, 0.25) is 0 Å². The number of likely N-dealkylation sites (N-methyl/N-ethyl adjacent to an activating group) is 1. The van der Waals surface area contributed by atoms with Gasteiger partial charge in [0, 0.05) is 19.1 Å². The van der Waals surface area contributed by atoms with Gasteiger partial charge in [0.2, 0.25) is 0 Å². The number of ether oxygens (including phenoxy) is 1. The summed E-state index contributed by atoms with van der Waals surface area (Å²) in [5.41, 5.74) is 0. The molecule has 0 radical (unpaired) electrons. The van der Waals surface area contributed by atoms with Gasteiger partial charge in [-0.05, 0) is 46.2 Å². The maximum Gasteiger partial charge on any atom is 0.0704 e. The summed E-state index contributed by atoms with van der Waals surface area (Å²) < 4.78 is 5.80. The van der Waals surface area contributed by atoms with Gasteiger partial charge in [-0.1, -0.05) is 0 Å². The molecular weight excluding hydrogens is 188 g/mol. The summed E-state index contributed by atoms with van der Waals surface area (Å²) >= 11 is 0. The number of hydrogen-bond donors (Lipinski definition) is 1. The van der Waals surface area contributed by atoms with Gasteiger partial charge in [-0.2, -0.15) is 0 Å². The molecule has 3 atom stereocenters. The molecule has 0 spiro atoms. The first kappa shape index (κ1) is 11.4. The summed E-state index contributed by atoms with van der Waals surface area (Å²) in [6.07, 6.45) is 6.06. The van der Waals surface area contributed by atoms with Gasteiger partial charge in [0.25, 0.3) is 0 Å². The molecule has 0 aliphatic carbocycles. The van der Waals surface area contributed by atoms with Gasteiger partial charge in [0.15, 0.2) is 0 Å². The predicted molar refractivity (Wildman–Crippen MR) is 62.1 cm³/mol. The molecule has 2 rings (SSSR count). The van der Waals surface area contributed by atoms with Crippen LogP contribution in [0.1, 0.15) is 32.6 Å². The number of rotatable bonds is 3. The van der Waals surface area contributed by atoms with Crippen LogP contribution >= 0.6 is 0 Å². The first-order valence-electron chi connectivity index (χ1n) is 6.31. The van der Waals surface area contributed by atoms with Gasteiger partial charge in [0.05, 0.1) is 12.2 Å². The summed E-state index contributed by atoms with van der Waals surface area (Å²) in [5.74, 6) is 0. The smallest absolute Gasteiger partial charge is 0.0704 e. The zero-order valence-electron chi connectivity index (χ0n) is 10.0. The molecule has 15 heavy (non-hydrogen) atoms. The Balaban J connectivity index is 1.64. The minimum absolute atomic E-state index is 0.465. The number of hydrogen-bond acceptors (Lipinski definition) is 3. The van der Waals surface area contributed by atoms with Crippen molar-refractivity contribution in [2.75, 3.05) is 26.7 Å². The van der Waals surface area contributed by atoms with Gasteiger partial charge < -0.3 is 15.0 Å². The summed E-state index contributed by atoms with van der Waals surface area (Å²) in [4.78, 5) is 2.42. The predicted octanol–water partition coefficient (Wildman–Crippen LogP) is 1.24. The van der Waals surface area contributed by atoms with Crippen LogP contribution in [0.15, 0.2) is 0 Å². The van der Waals surface area contributed by atoms with Crippen LogP contribution in [0, 0.1) is 0 Å². The van der Waals surface area contributed by atoms with E-state index in [0.717, 1.165) is 6.54 Å². The number of nitrogens with one attached hydrogen (secondary N) is 1. The zero-order chi connectivity index (χ0) is 10.7. The average molecular weight is 212 g/mol. The van der Waals surface area contributed by atoms with Crippen molar-refractivity contribution in [2.45, 2.75) is 50.9 Å². The molecule has 3 unspecified atom stereocenters. The van der Waals surface area contributed by atoms with E-state index in [9.17, 15) is 0 Å². The van der Waals surface area contributed by atoms with E-state index in [1.165, 1.54) is 38.8 Å². The third-order valence-electron chi connectivity index (χ3n) is 3.58. The standard InChI is InChI=1S/C12H24N2O/c1-10-5-6-12(15-10)8-13-11-4-3-7-14(2)9-11/h10-13H,3-9H2,1-2H3. The summed E-state index contributed by atoms with van der Waals surface area (Å²) in [5, 5.41) is 3.65. The largest absolute Gasteiger partial charge is 0.374 e. The lowest BCUT2D eigenvalue weighted by molar-refractivity contribution is 0.0523. The fraction of sp³-hybridized carbons (Fsp3) is 1.00. The topological polar surface area (TPSA) is 24.5 Å². The first-order valence-corrected chi connectivity index (χ1v) is 6.31. The highest BCUT2D eigenvalue weighted by molar-refractivity contribution is 4.79. The highest BCUT2D eigenvalue weighted by Gasteiger charge is 2.23. The van der Waals surface area contributed by atoms with Crippen molar-refractivity contribution in [2.24, 2.45) is 0 Å². The van der Waals surface area contributed by atoms with Crippen molar-refractivity contribution in [1.82, 2.24) is 10.2 Å². The molecule has 0 aromatic heterocycles. The maximum atomic E-state index is 5.80. The van der Waals surface area contributed by atoms with Crippen molar-refractivity contribution < 1.29 is 4.74 Å². The number of piperidine rings is 1. The monoisotopic (exact) mass is 212 g/mol. The Morgan fingerprint density at radius 2 is 2.20 bits per heavy atom. The van der Waals surface area contributed by atoms with Crippen molar-refractivity contribution in [3.05, 3.63) is 0 Å². The van der Waals surface area contributed by atoms with E-state index in [1.54, 1.807) is 0 Å². The molecule has 0 aromatic rings. The second kappa shape index (κ2) is 5.28. The van der Waals surface area contributed by atoms with Crippen LogP contribution in [0.25, 0.3) is 0 Å². The second-order valence-corrected chi connectivity index (χ2v) is 5.16. The zero-order valence-corrected chi connectivity index (χ0v) is 10.0. The number of likely N-dealkylation sites (tertiary alicyclic amines) is 1. The Kier molecular flexibility index (Phi) is 4.00. The summed E-state index contributed by atoms with van der Waals surface area (Å²) in [6.45, 7) is 5.68. The highest BCUT2D eigenvalue weighted by Crippen LogP contribution is 2.18.